The summed E-state index contributed by atoms with van der Waals surface area (Å²) in [5, 5.41) is 0. The Morgan fingerprint density at radius 3 is 2.09 bits per heavy atom. The van der Waals surface area contributed by atoms with E-state index in [4.69, 9.17) is 4.74 Å². The van der Waals surface area contributed by atoms with Crippen LogP contribution in [-0.2, 0) is 4.74 Å². The molecule has 1 unspecified atom stereocenters. The van der Waals surface area contributed by atoms with Crippen molar-refractivity contribution in [2.75, 3.05) is 13.2 Å². The maximum absolute atomic E-state index is 5.56. The molecule has 1 saturated heterocycles. The van der Waals surface area contributed by atoms with E-state index >= 15 is 0 Å². The van der Waals surface area contributed by atoms with E-state index in [-0.39, 0.29) is 0 Å². The van der Waals surface area contributed by atoms with Gasteiger partial charge in [0.1, 0.15) is 0 Å². The smallest absolute Gasteiger partial charge is 0.0500 e. The Hall–Kier alpha value is -0.300. The predicted octanol–water partition coefficient (Wildman–Crippen LogP) is 7.31. The lowest BCUT2D eigenvalue weighted by Gasteiger charge is -2.17. The van der Waals surface area contributed by atoms with Crippen LogP contribution in [0.3, 0.4) is 0 Å². The molecule has 0 saturated carbocycles. The van der Waals surface area contributed by atoms with Gasteiger partial charge in [-0.15, -0.1) is 0 Å². The molecule has 0 aromatic carbocycles. The van der Waals surface area contributed by atoms with E-state index in [1.54, 1.807) is 0 Å². The molecule has 1 rings (SSSR count). The van der Waals surface area contributed by atoms with Gasteiger partial charge in [-0.1, -0.05) is 90.2 Å². The molecule has 0 bridgehead atoms. The fourth-order valence-electron chi connectivity index (χ4n) is 3.73. The van der Waals surface area contributed by atoms with Crippen molar-refractivity contribution in [3.63, 3.8) is 0 Å². The van der Waals surface area contributed by atoms with E-state index in [0.29, 0.717) is 0 Å². The molecule has 0 aliphatic carbocycles. The second-order valence-electron chi connectivity index (χ2n) is 7.48. The van der Waals surface area contributed by atoms with E-state index in [9.17, 15) is 0 Å². The fourth-order valence-corrected chi connectivity index (χ4v) is 3.73. The highest BCUT2D eigenvalue weighted by atomic mass is 16.6. The molecule has 1 fully saturated rings. The summed E-state index contributed by atoms with van der Waals surface area (Å²) >= 11 is 0. The monoisotopic (exact) mass is 324 g/mol. The van der Waals surface area contributed by atoms with Gasteiger partial charge in [0.15, 0.2) is 0 Å². The molecule has 1 nitrogen and oxygen atoms in total. The number of ether oxygens (including phenoxy) is 1. The molecule has 0 spiro atoms. The van der Waals surface area contributed by atoms with E-state index in [1.807, 2.05) is 0 Å². The summed E-state index contributed by atoms with van der Waals surface area (Å²) in [5.41, 5.74) is 0. The van der Waals surface area contributed by atoms with Crippen LogP contribution in [0.4, 0.5) is 0 Å². The van der Waals surface area contributed by atoms with Crippen LogP contribution in [0.2, 0.25) is 0 Å². The van der Waals surface area contributed by atoms with Gasteiger partial charge in [-0.2, -0.15) is 0 Å². The number of rotatable bonds is 15. The first-order chi connectivity index (χ1) is 11.4. The van der Waals surface area contributed by atoms with E-state index in [1.165, 1.54) is 89.9 Å². The van der Waals surface area contributed by atoms with Gasteiger partial charge in [-0.25, -0.2) is 0 Å². The quantitative estimate of drug-likeness (QED) is 0.174. The van der Waals surface area contributed by atoms with Gasteiger partial charge < -0.3 is 4.74 Å². The molecule has 0 radical (unpaired) electrons. The molecule has 1 aliphatic rings. The summed E-state index contributed by atoms with van der Waals surface area (Å²) < 4.78 is 5.56. The van der Waals surface area contributed by atoms with Crippen molar-refractivity contribution >= 4 is 0 Å². The highest BCUT2D eigenvalue weighted by molar-refractivity contribution is 4.92. The zero-order valence-corrected chi connectivity index (χ0v) is 16.0. The maximum Gasteiger partial charge on any atom is 0.0500 e. The Morgan fingerprint density at radius 1 is 0.870 bits per heavy atom. The van der Waals surface area contributed by atoms with Crippen LogP contribution in [0.5, 0.6) is 0 Å². The second kappa shape index (κ2) is 15.2. The van der Waals surface area contributed by atoms with Crippen LogP contribution in [0.25, 0.3) is 0 Å². The summed E-state index contributed by atoms with van der Waals surface area (Å²) in [6.07, 6.45) is 24.5. The normalized spacial score (nSPS) is 19.7. The van der Waals surface area contributed by atoms with Gasteiger partial charge in [-0.3, -0.25) is 0 Å². The SMILES string of the molecule is CCCCCCCCCCCC/C=C/[C@H](CCC)C1C[13CH2]O[13CH2]1. The second-order valence-corrected chi connectivity index (χ2v) is 7.48. The van der Waals surface area contributed by atoms with E-state index < -0.39 is 0 Å². The van der Waals surface area contributed by atoms with E-state index in [2.05, 4.69) is 26.0 Å². The third kappa shape index (κ3) is 11.0. The molecule has 0 N–H and O–H groups in total. The van der Waals surface area contributed by atoms with Crippen molar-refractivity contribution in [1.29, 1.82) is 0 Å². The van der Waals surface area contributed by atoms with Gasteiger partial charge in [-0.05, 0) is 37.5 Å². The van der Waals surface area contributed by atoms with Crippen molar-refractivity contribution in [3.8, 4) is 0 Å². The molecular formula is C22H42O. The average Bonchev–Trinajstić information content (AvgIpc) is 3.09. The minimum absolute atomic E-state index is 0.769. The van der Waals surface area contributed by atoms with Crippen LogP contribution in [-0.4, -0.2) is 13.2 Å². The summed E-state index contributed by atoms with van der Waals surface area (Å²) in [7, 11) is 0. The Bertz CT molecular complexity index is 265. The van der Waals surface area contributed by atoms with Crippen molar-refractivity contribution in [1.82, 2.24) is 0 Å². The molecule has 1 aliphatic heterocycles. The van der Waals surface area contributed by atoms with Crippen LogP contribution in [0.1, 0.15) is 104 Å². The third-order valence-electron chi connectivity index (χ3n) is 5.30. The number of hydrogen-bond acceptors (Lipinski definition) is 1. The molecule has 23 heavy (non-hydrogen) atoms. The van der Waals surface area contributed by atoms with Gasteiger partial charge in [0, 0.05) is 6.61 Å². The van der Waals surface area contributed by atoms with Gasteiger partial charge in [0.05, 0.1) is 6.61 Å². The van der Waals surface area contributed by atoms with E-state index in [0.717, 1.165) is 25.0 Å². The topological polar surface area (TPSA) is 9.23 Å². The van der Waals surface area contributed by atoms with Gasteiger partial charge >= 0.3 is 0 Å². The minimum atomic E-state index is 0.769. The standard InChI is InChI=1S/C22H42O/c1-3-5-6-7-8-9-10-11-12-13-14-15-17-21(16-4-2)22-18-19-23-20-22/h15,17,21-22H,3-14,16,18-20H2,1-2H3/b17-15+/t21-,22?/m0/s1/i19+1,20+1. The van der Waals surface area contributed by atoms with Crippen LogP contribution in [0.15, 0.2) is 12.2 Å². The lowest BCUT2D eigenvalue weighted by Crippen LogP contribution is -2.12. The van der Waals surface area contributed by atoms with Crippen LogP contribution >= 0.6 is 0 Å². The van der Waals surface area contributed by atoms with Crippen molar-refractivity contribution in [2.24, 2.45) is 11.8 Å². The van der Waals surface area contributed by atoms with Crippen molar-refractivity contribution in [3.05, 3.63) is 12.2 Å². The van der Waals surface area contributed by atoms with Gasteiger partial charge in [0.2, 0.25) is 0 Å². The summed E-state index contributed by atoms with van der Waals surface area (Å²) in [6.45, 7) is 6.57. The zero-order chi connectivity index (χ0) is 16.6. The van der Waals surface area contributed by atoms with Gasteiger partial charge in [0.25, 0.3) is 0 Å². The molecule has 2 atom stereocenters. The lowest BCUT2D eigenvalue weighted by molar-refractivity contribution is 0.176. The molecule has 1 heterocycles. The number of unbranched alkanes of at least 4 members (excludes halogenated alkanes) is 10. The molecular weight excluding hydrogens is 282 g/mol. The Labute approximate surface area is 146 Å². The predicted molar refractivity (Wildman–Crippen MR) is 103 cm³/mol. The van der Waals surface area contributed by atoms with Crippen molar-refractivity contribution < 1.29 is 4.74 Å². The lowest BCUT2D eigenvalue weighted by atomic mass is 9.92. The Morgan fingerprint density at radius 2 is 1.52 bits per heavy atom. The summed E-state index contributed by atoms with van der Waals surface area (Å²) in [6, 6.07) is 0. The summed E-state index contributed by atoms with van der Waals surface area (Å²) in [4.78, 5) is 0. The Balaban J connectivity index is 1.94. The molecule has 136 valence electrons. The molecule has 1 heteroatoms. The fraction of sp³-hybridized carbons (Fsp3) is 0.909. The highest BCUT2D eigenvalue weighted by Crippen LogP contribution is 2.27. The average molecular weight is 325 g/mol. The first kappa shape index (κ1) is 20.7. The zero-order valence-electron chi connectivity index (χ0n) is 16.0. The largest absolute Gasteiger partial charge is 0.381 e. The first-order valence-corrected chi connectivity index (χ1v) is 10.6. The molecule has 0 aromatic rings. The van der Waals surface area contributed by atoms with Crippen LogP contribution < -0.4 is 0 Å². The third-order valence-corrected chi connectivity index (χ3v) is 5.30. The number of hydrogen-bond donors (Lipinski definition) is 0. The number of allylic oxidation sites excluding steroid dienone is 2. The Kier molecular flexibility index (Phi) is 13.7. The van der Waals surface area contributed by atoms with Crippen molar-refractivity contribution in [2.45, 2.75) is 104 Å². The van der Waals surface area contributed by atoms with Crippen LogP contribution in [0, 0.1) is 11.8 Å². The maximum atomic E-state index is 5.56. The minimum Gasteiger partial charge on any atom is -0.381 e. The molecule has 0 amide bonds. The highest BCUT2D eigenvalue weighted by Gasteiger charge is 2.22. The first-order valence-electron chi connectivity index (χ1n) is 10.6. The summed E-state index contributed by atoms with van der Waals surface area (Å²) in [5.74, 6) is 1.56. The molecule has 0 aromatic heterocycles.